The number of rotatable bonds is 5. The van der Waals surface area contributed by atoms with Gasteiger partial charge in [0.2, 0.25) is 5.91 Å². The third-order valence-electron chi connectivity index (χ3n) is 4.85. The Bertz CT molecular complexity index is 849. The van der Waals surface area contributed by atoms with E-state index in [1.165, 1.54) is 18.4 Å². The molecule has 5 heteroatoms. The number of nitrogens with one attached hydrogen (secondary N) is 2. The second-order valence-corrected chi connectivity index (χ2v) is 8.42. The minimum atomic E-state index is -0.492. The van der Waals surface area contributed by atoms with E-state index in [9.17, 15) is 9.59 Å². The van der Waals surface area contributed by atoms with Gasteiger partial charge in [-0.15, -0.1) is 0 Å². The normalized spacial score (nSPS) is 14.7. The van der Waals surface area contributed by atoms with Gasteiger partial charge in [-0.3, -0.25) is 14.5 Å². The molecule has 0 saturated carbocycles. The van der Waals surface area contributed by atoms with Crippen molar-refractivity contribution >= 4 is 23.2 Å². The third kappa shape index (κ3) is 5.42. The molecule has 28 heavy (non-hydrogen) atoms. The third-order valence-corrected chi connectivity index (χ3v) is 4.85. The maximum absolute atomic E-state index is 12.7. The Morgan fingerprint density at radius 3 is 2.25 bits per heavy atom. The van der Waals surface area contributed by atoms with Gasteiger partial charge in [0.15, 0.2) is 0 Å². The lowest BCUT2D eigenvalue weighted by Gasteiger charge is -2.18. The van der Waals surface area contributed by atoms with Crippen molar-refractivity contribution < 1.29 is 9.59 Å². The molecule has 148 valence electrons. The van der Waals surface area contributed by atoms with Crippen LogP contribution in [-0.2, 0) is 11.3 Å². The number of carbonyl (C=O) groups excluding carboxylic acids is 2. The molecule has 2 amide bonds. The molecule has 1 aliphatic rings. The SMILES string of the molecule is CC(C)(C)C(=O)Nc1cccc(C(=O)Nc2cccc(CN3CCCC3)c2)c1. The number of anilines is 2. The summed E-state index contributed by atoms with van der Waals surface area (Å²) >= 11 is 0. The Kier molecular flexibility index (Phi) is 6.15. The van der Waals surface area contributed by atoms with E-state index in [0.29, 0.717) is 11.3 Å². The van der Waals surface area contributed by atoms with Gasteiger partial charge in [-0.25, -0.2) is 0 Å². The molecule has 2 aromatic rings. The number of carbonyl (C=O) groups is 2. The first-order valence-corrected chi connectivity index (χ1v) is 9.85. The van der Waals surface area contributed by atoms with Crippen LogP contribution in [0.15, 0.2) is 48.5 Å². The largest absolute Gasteiger partial charge is 0.326 e. The van der Waals surface area contributed by atoms with Gasteiger partial charge in [-0.1, -0.05) is 39.0 Å². The van der Waals surface area contributed by atoms with Crippen molar-refractivity contribution in [3.63, 3.8) is 0 Å². The fraction of sp³-hybridized carbons (Fsp3) is 0.391. The Morgan fingerprint density at radius 1 is 0.929 bits per heavy atom. The summed E-state index contributed by atoms with van der Waals surface area (Å²) in [6, 6.07) is 15.0. The molecule has 0 atom stereocenters. The van der Waals surface area contributed by atoms with E-state index in [1.54, 1.807) is 24.3 Å². The quantitative estimate of drug-likeness (QED) is 0.803. The van der Waals surface area contributed by atoms with E-state index in [0.717, 1.165) is 25.3 Å². The van der Waals surface area contributed by atoms with Crippen molar-refractivity contribution in [2.75, 3.05) is 23.7 Å². The van der Waals surface area contributed by atoms with Gasteiger partial charge >= 0.3 is 0 Å². The lowest BCUT2D eigenvalue weighted by molar-refractivity contribution is -0.123. The van der Waals surface area contributed by atoms with Crippen molar-refractivity contribution in [1.29, 1.82) is 0 Å². The zero-order chi connectivity index (χ0) is 20.1. The highest BCUT2D eigenvalue weighted by molar-refractivity contribution is 6.05. The summed E-state index contributed by atoms with van der Waals surface area (Å²) in [5, 5.41) is 5.83. The molecule has 2 aromatic carbocycles. The molecule has 1 fully saturated rings. The molecule has 0 unspecified atom stereocenters. The van der Waals surface area contributed by atoms with Crippen molar-refractivity contribution in [3.05, 3.63) is 59.7 Å². The molecule has 0 spiro atoms. The Morgan fingerprint density at radius 2 is 1.57 bits per heavy atom. The maximum Gasteiger partial charge on any atom is 0.255 e. The minimum absolute atomic E-state index is 0.0836. The van der Waals surface area contributed by atoms with Gasteiger partial charge in [-0.2, -0.15) is 0 Å². The molecule has 3 rings (SSSR count). The average Bonchev–Trinajstić information content (AvgIpc) is 3.14. The van der Waals surface area contributed by atoms with Crippen LogP contribution in [0.1, 0.15) is 49.5 Å². The molecule has 1 heterocycles. The van der Waals surface area contributed by atoms with Crippen LogP contribution in [0, 0.1) is 5.41 Å². The molecule has 0 bridgehead atoms. The molecule has 2 N–H and O–H groups in total. The summed E-state index contributed by atoms with van der Waals surface area (Å²) in [5.41, 5.74) is 2.62. The molecular weight excluding hydrogens is 350 g/mol. The standard InChI is InChI=1S/C23H29N3O2/c1-23(2,3)22(28)25-20-11-7-9-18(15-20)21(27)24-19-10-6-8-17(14-19)16-26-12-4-5-13-26/h6-11,14-15H,4-5,12-13,16H2,1-3H3,(H,24,27)(H,25,28). The van der Waals surface area contributed by atoms with Crippen LogP contribution in [0.3, 0.4) is 0 Å². The summed E-state index contributed by atoms with van der Waals surface area (Å²) in [5.74, 6) is -0.273. The number of nitrogens with zero attached hydrogens (tertiary/aromatic N) is 1. The van der Waals surface area contributed by atoms with Crippen LogP contribution < -0.4 is 10.6 Å². The predicted molar refractivity (Wildman–Crippen MR) is 113 cm³/mol. The fourth-order valence-electron chi connectivity index (χ4n) is 3.21. The number of amides is 2. The number of hydrogen-bond acceptors (Lipinski definition) is 3. The molecule has 0 radical (unpaired) electrons. The summed E-state index contributed by atoms with van der Waals surface area (Å²) < 4.78 is 0. The van der Waals surface area contributed by atoms with E-state index in [-0.39, 0.29) is 11.8 Å². The second kappa shape index (κ2) is 8.57. The van der Waals surface area contributed by atoms with Crippen LogP contribution in [-0.4, -0.2) is 29.8 Å². The van der Waals surface area contributed by atoms with Crippen LogP contribution in [0.2, 0.25) is 0 Å². The number of hydrogen-bond donors (Lipinski definition) is 2. The highest BCUT2D eigenvalue weighted by Gasteiger charge is 2.21. The van der Waals surface area contributed by atoms with Crippen molar-refractivity contribution in [2.24, 2.45) is 5.41 Å². The van der Waals surface area contributed by atoms with Crippen LogP contribution in [0.4, 0.5) is 11.4 Å². The smallest absolute Gasteiger partial charge is 0.255 e. The monoisotopic (exact) mass is 379 g/mol. The fourth-order valence-corrected chi connectivity index (χ4v) is 3.21. The number of benzene rings is 2. The highest BCUT2D eigenvalue weighted by Crippen LogP contribution is 2.20. The summed E-state index contributed by atoms with van der Waals surface area (Å²) in [6.07, 6.45) is 2.52. The first kappa shape index (κ1) is 20.1. The summed E-state index contributed by atoms with van der Waals surface area (Å²) in [6.45, 7) is 8.77. The first-order chi connectivity index (χ1) is 13.3. The van der Waals surface area contributed by atoms with Gasteiger partial charge in [0.25, 0.3) is 5.91 Å². The Balaban J connectivity index is 1.66. The average molecular weight is 380 g/mol. The van der Waals surface area contributed by atoms with Crippen molar-refractivity contribution in [2.45, 2.75) is 40.2 Å². The van der Waals surface area contributed by atoms with E-state index in [1.807, 2.05) is 39.0 Å². The van der Waals surface area contributed by atoms with Crippen molar-refractivity contribution in [1.82, 2.24) is 4.90 Å². The van der Waals surface area contributed by atoms with Gasteiger partial charge in [0.05, 0.1) is 0 Å². The van der Waals surface area contributed by atoms with E-state index in [2.05, 4.69) is 21.6 Å². The first-order valence-electron chi connectivity index (χ1n) is 9.85. The lowest BCUT2D eigenvalue weighted by Crippen LogP contribution is -2.27. The van der Waals surface area contributed by atoms with Gasteiger partial charge < -0.3 is 10.6 Å². The van der Waals surface area contributed by atoms with Gasteiger partial charge in [0.1, 0.15) is 0 Å². The maximum atomic E-state index is 12.7. The molecule has 1 aliphatic heterocycles. The molecular formula is C23H29N3O2. The summed E-state index contributed by atoms with van der Waals surface area (Å²) in [7, 11) is 0. The van der Waals surface area contributed by atoms with Crippen LogP contribution in [0.5, 0.6) is 0 Å². The highest BCUT2D eigenvalue weighted by atomic mass is 16.2. The topological polar surface area (TPSA) is 61.4 Å². The minimum Gasteiger partial charge on any atom is -0.326 e. The molecule has 0 aromatic heterocycles. The Hall–Kier alpha value is -2.66. The zero-order valence-corrected chi connectivity index (χ0v) is 16.9. The van der Waals surface area contributed by atoms with E-state index < -0.39 is 5.41 Å². The predicted octanol–water partition coefficient (Wildman–Crippen LogP) is 4.52. The molecule has 1 saturated heterocycles. The van der Waals surface area contributed by atoms with Gasteiger partial charge in [-0.05, 0) is 61.8 Å². The van der Waals surface area contributed by atoms with E-state index >= 15 is 0 Å². The second-order valence-electron chi connectivity index (χ2n) is 8.42. The van der Waals surface area contributed by atoms with Gasteiger partial charge in [0, 0.05) is 28.9 Å². The van der Waals surface area contributed by atoms with Crippen LogP contribution in [0.25, 0.3) is 0 Å². The zero-order valence-electron chi connectivity index (χ0n) is 16.9. The van der Waals surface area contributed by atoms with Crippen LogP contribution >= 0.6 is 0 Å². The van der Waals surface area contributed by atoms with E-state index in [4.69, 9.17) is 0 Å². The lowest BCUT2D eigenvalue weighted by atomic mass is 9.95. The number of likely N-dealkylation sites (tertiary alicyclic amines) is 1. The Labute approximate surface area is 167 Å². The summed E-state index contributed by atoms with van der Waals surface area (Å²) in [4.78, 5) is 27.3. The van der Waals surface area contributed by atoms with Crippen molar-refractivity contribution in [3.8, 4) is 0 Å². The molecule has 0 aliphatic carbocycles. The molecule has 5 nitrogen and oxygen atoms in total.